The summed E-state index contributed by atoms with van der Waals surface area (Å²) in [6.07, 6.45) is 5.91. The van der Waals surface area contributed by atoms with Crippen molar-refractivity contribution >= 4 is 12.9 Å². The molecule has 0 amide bonds. The molecule has 2 heteroatoms. The van der Waals surface area contributed by atoms with E-state index in [0.29, 0.717) is 12.5 Å². The van der Waals surface area contributed by atoms with Crippen LogP contribution in [0.2, 0.25) is 0 Å². The van der Waals surface area contributed by atoms with Crippen LogP contribution in [0.25, 0.3) is 0 Å². The molecule has 0 N–H and O–H groups in total. The molecule has 0 aromatic carbocycles. The lowest BCUT2D eigenvalue weighted by molar-refractivity contribution is 0.738. The molecular weight excluding hydrogens is 232 g/mol. The molecule has 0 unspecified atom stereocenters. The molecule has 0 aliphatic carbocycles. The molecular formula is C17H28N2. The summed E-state index contributed by atoms with van der Waals surface area (Å²) in [4.78, 5) is 8.25. The number of allylic oxidation sites excluding steroid dienone is 3. The monoisotopic (exact) mass is 260 g/mol. The summed E-state index contributed by atoms with van der Waals surface area (Å²) in [7, 11) is 0. The van der Waals surface area contributed by atoms with Crippen molar-refractivity contribution in [1.29, 1.82) is 0 Å². The van der Waals surface area contributed by atoms with Crippen LogP contribution in [0.1, 0.15) is 47.5 Å². The molecule has 0 aromatic heterocycles. The Bertz CT molecular complexity index is 395. The fraction of sp³-hybridized carbons (Fsp3) is 0.529. The van der Waals surface area contributed by atoms with Crippen LogP contribution in [0.15, 0.2) is 45.1 Å². The lowest BCUT2D eigenvalue weighted by Gasteiger charge is -2.13. The van der Waals surface area contributed by atoms with Gasteiger partial charge in [0, 0.05) is 18.3 Å². The van der Waals surface area contributed by atoms with Gasteiger partial charge in [0.15, 0.2) is 0 Å². The van der Waals surface area contributed by atoms with Gasteiger partial charge in [-0.05, 0) is 44.0 Å². The smallest absolute Gasteiger partial charge is 0.0600 e. The van der Waals surface area contributed by atoms with Crippen molar-refractivity contribution in [3.05, 3.63) is 35.1 Å². The lowest BCUT2D eigenvalue weighted by Crippen LogP contribution is -2.01. The normalized spacial score (nSPS) is 13.9. The van der Waals surface area contributed by atoms with E-state index in [1.54, 1.807) is 6.21 Å². The molecule has 0 heterocycles. The highest BCUT2D eigenvalue weighted by molar-refractivity contribution is 5.55. The average molecular weight is 260 g/mol. The predicted molar refractivity (Wildman–Crippen MR) is 88.3 cm³/mol. The summed E-state index contributed by atoms with van der Waals surface area (Å²) in [5.74, 6) is 0.497. The molecule has 2 nitrogen and oxygen atoms in total. The maximum atomic E-state index is 4.23. The van der Waals surface area contributed by atoms with E-state index in [9.17, 15) is 0 Å². The first kappa shape index (κ1) is 17.6. The Balaban J connectivity index is 5.16. The lowest BCUT2D eigenvalue weighted by atomic mass is 9.95. The van der Waals surface area contributed by atoms with E-state index in [1.165, 1.54) is 16.7 Å². The third-order valence-electron chi connectivity index (χ3n) is 3.10. The van der Waals surface area contributed by atoms with Crippen LogP contribution in [0, 0.1) is 5.92 Å². The fourth-order valence-electron chi connectivity index (χ4n) is 2.05. The van der Waals surface area contributed by atoms with Crippen molar-refractivity contribution in [3.63, 3.8) is 0 Å². The number of aliphatic imine (C=N–C) groups is 2. The Hall–Kier alpha value is -1.44. The van der Waals surface area contributed by atoms with Crippen molar-refractivity contribution in [2.24, 2.45) is 15.9 Å². The Labute approximate surface area is 118 Å². The van der Waals surface area contributed by atoms with Gasteiger partial charge in [0.1, 0.15) is 0 Å². The second kappa shape index (κ2) is 9.48. The number of hydrogen-bond donors (Lipinski definition) is 0. The average Bonchev–Trinajstić information content (AvgIpc) is 2.34. The maximum Gasteiger partial charge on any atom is 0.0600 e. The zero-order valence-corrected chi connectivity index (χ0v) is 13.2. The van der Waals surface area contributed by atoms with Gasteiger partial charge in [0.25, 0.3) is 0 Å². The first-order chi connectivity index (χ1) is 8.96. The van der Waals surface area contributed by atoms with Gasteiger partial charge in [0.05, 0.1) is 6.54 Å². The minimum Gasteiger partial charge on any atom is -0.297 e. The summed E-state index contributed by atoms with van der Waals surface area (Å²) >= 11 is 0. The van der Waals surface area contributed by atoms with E-state index in [4.69, 9.17) is 0 Å². The third-order valence-corrected chi connectivity index (χ3v) is 3.10. The third kappa shape index (κ3) is 6.90. The minimum absolute atomic E-state index is 0.497. The SMILES string of the molecule is C=NC/C(=C(C)\C=C(\CC)CC(=C)N=CC)C(C)C. The van der Waals surface area contributed by atoms with Gasteiger partial charge in [-0.15, -0.1) is 0 Å². The van der Waals surface area contributed by atoms with Crippen molar-refractivity contribution < 1.29 is 0 Å². The molecule has 0 fully saturated rings. The van der Waals surface area contributed by atoms with Gasteiger partial charge < -0.3 is 0 Å². The summed E-state index contributed by atoms with van der Waals surface area (Å²) in [6, 6.07) is 0. The van der Waals surface area contributed by atoms with Crippen molar-refractivity contribution in [2.75, 3.05) is 6.54 Å². The van der Waals surface area contributed by atoms with Crippen LogP contribution in [-0.2, 0) is 0 Å². The second-order valence-corrected chi connectivity index (χ2v) is 5.03. The molecule has 0 atom stereocenters. The molecule has 0 bridgehead atoms. The quantitative estimate of drug-likeness (QED) is 0.434. The molecule has 0 rings (SSSR count). The molecule has 0 aromatic rings. The van der Waals surface area contributed by atoms with Gasteiger partial charge >= 0.3 is 0 Å². The largest absolute Gasteiger partial charge is 0.297 e. The summed E-state index contributed by atoms with van der Waals surface area (Å²) in [6.45, 7) is 18.9. The van der Waals surface area contributed by atoms with Gasteiger partial charge in [-0.25, -0.2) is 0 Å². The molecule has 0 saturated carbocycles. The Morgan fingerprint density at radius 1 is 1.32 bits per heavy atom. The number of hydrogen-bond acceptors (Lipinski definition) is 2. The topological polar surface area (TPSA) is 24.7 Å². The Morgan fingerprint density at radius 3 is 2.37 bits per heavy atom. The first-order valence-corrected chi connectivity index (χ1v) is 6.94. The standard InChI is InChI=1S/C17H28N2/c1-8-16(11-15(6)19-9-2)10-14(5)17(12-18-7)13(3)4/h9-10,13H,6-8,11-12H2,1-5H3/b16-10-,17-14+,19-9?. The van der Waals surface area contributed by atoms with Gasteiger partial charge in [0.2, 0.25) is 0 Å². The molecule has 0 radical (unpaired) electrons. The predicted octanol–water partition coefficient (Wildman–Crippen LogP) is 4.99. The number of rotatable bonds is 8. The van der Waals surface area contributed by atoms with Crippen LogP contribution in [0.4, 0.5) is 0 Å². The summed E-state index contributed by atoms with van der Waals surface area (Å²) < 4.78 is 0. The summed E-state index contributed by atoms with van der Waals surface area (Å²) in [5.41, 5.74) is 4.92. The van der Waals surface area contributed by atoms with E-state index in [2.05, 4.69) is 57.1 Å². The zero-order valence-electron chi connectivity index (χ0n) is 13.2. The van der Waals surface area contributed by atoms with E-state index >= 15 is 0 Å². The zero-order chi connectivity index (χ0) is 14.8. The van der Waals surface area contributed by atoms with E-state index in [-0.39, 0.29) is 0 Å². The van der Waals surface area contributed by atoms with Gasteiger partial charge in [-0.1, -0.05) is 39.0 Å². The minimum atomic E-state index is 0.497. The van der Waals surface area contributed by atoms with Gasteiger partial charge in [-0.2, -0.15) is 0 Å². The van der Waals surface area contributed by atoms with Crippen LogP contribution in [-0.4, -0.2) is 19.5 Å². The molecule has 0 saturated heterocycles. The van der Waals surface area contributed by atoms with E-state index in [1.807, 2.05) is 6.92 Å². The Kier molecular flexibility index (Phi) is 8.77. The highest BCUT2D eigenvalue weighted by Gasteiger charge is 2.06. The van der Waals surface area contributed by atoms with Crippen LogP contribution in [0.5, 0.6) is 0 Å². The van der Waals surface area contributed by atoms with Crippen molar-refractivity contribution in [2.45, 2.75) is 47.5 Å². The van der Waals surface area contributed by atoms with E-state index < -0.39 is 0 Å². The highest BCUT2D eigenvalue weighted by Crippen LogP contribution is 2.21. The van der Waals surface area contributed by atoms with Crippen molar-refractivity contribution in [3.8, 4) is 0 Å². The molecule has 0 aliphatic heterocycles. The van der Waals surface area contributed by atoms with Crippen LogP contribution in [0.3, 0.4) is 0 Å². The summed E-state index contributed by atoms with van der Waals surface area (Å²) in [5, 5.41) is 0. The first-order valence-electron chi connectivity index (χ1n) is 6.94. The highest BCUT2D eigenvalue weighted by atomic mass is 14.7. The molecule has 106 valence electrons. The fourth-order valence-corrected chi connectivity index (χ4v) is 2.05. The number of nitrogens with zero attached hydrogens (tertiary/aromatic N) is 2. The van der Waals surface area contributed by atoms with Crippen LogP contribution < -0.4 is 0 Å². The van der Waals surface area contributed by atoms with Crippen LogP contribution >= 0.6 is 0 Å². The molecule has 0 aliphatic rings. The van der Waals surface area contributed by atoms with Gasteiger partial charge in [-0.3, -0.25) is 9.98 Å². The Morgan fingerprint density at radius 2 is 1.95 bits per heavy atom. The maximum absolute atomic E-state index is 4.23. The van der Waals surface area contributed by atoms with Crippen molar-refractivity contribution in [1.82, 2.24) is 0 Å². The van der Waals surface area contributed by atoms with E-state index in [0.717, 1.165) is 18.5 Å². The molecule has 0 spiro atoms. The second-order valence-electron chi connectivity index (χ2n) is 5.03. The molecule has 19 heavy (non-hydrogen) atoms.